The van der Waals surface area contributed by atoms with E-state index in [0.717, 1.165) is 32.1 Å². The summed E-state index contributed by atoms with van der Waals surface area (Å²) in [7, 11) is 0. The molecular formula is C26H42O4. The first kappa shape index (κ1) is 23.5. The fraction of sp³-hybridized carbons (Fsp3) is 0.808. The number of carboxylic acid groups (broad SMARTS) is 1. The molecule has 0 spiro atoms. The van der Waals surface area contributed by atoms with E-state index in [1.165, 1.54) is 44.1 Å². The van der Waals surface area contributed by atoms with Gasteiger partial charge in [-0.25, -0.2) is 0 Å². The largest absolute Gasteiger partial charge is 0.481 e. The lowest BCUT2D eigenvalue weighted by Crippen LogP contribution is -2.23. The van der Waals surface area contributed by atoms with Gasteiger partial charge in [-0.2, -0.15) is 0 Å². The number of carboxylic acids is 1. The van der Waals surface area contributed by atoms with Crippen LogP contribution in [0.2, 0.25) is 0 Å². The predicted octanol–water partition coefficient (Wildman–Crippen LogP) is 5.49. The molecule has 3 aliphatic carbocycles. The van der Waals surface area contributed by atoms with E-state index in [0.29, 0.717) is 30.1 Å². The lowest BCUT2D eigenvalue weighted by Gasteiger charge is -2.24. The third-order valence-electron chi connectivity index (χ3n) is 8.00. The first-order chi connectivity index (χ1) is 14.5. The summed E-state index contributed by atoms with van der Waals surface area (Å²) in [5.74, 6) is 1.47. The van der Waals surface area contributed by atoms with E-state index >= 15 is 0 Å². The van der Waals surface area contributed by atoms with Crippen molar-refractivity contribution in [2.24, 2.45) is 29.6 Å². The van der Waals surface area contributed by atoms with Crippen LogP contribution < -0.4 is 0 Å². The minimum Gasteiger partial charge on any atom is -0.481 e. The molecule has 30 heavy (non-hydrogen) atoms. The Morgan fingerprint density at radius 1 is 1.20 bits per heavy atom. The first-order valence-electron chi connectivity index (χ1n) is 12.4. The van der Waals surface area contributed by atoms with E-state index in [4.69, 9.17) is 5.11 Å². The summed E-state index contributed by atoms with van der Waals surface area (Å²) in [5, 5.41) is 30.3. The van der Waals surface area contributed by atoms with E-state index in [-0.39, 0.29) is 24.5 Å². The highest BCUT2D eigenvalue weighted by Crippen LogP contribution is 2.50. The maximum atomic E-state index is 10.9. The molecule has 0 amide bonds. The molecular weight excluding hydrogens is 376 g/mol. The van der Waals surface area contributed by atoms with Crippen LogP contribution in [0.5, 0.6) is 0 Å². The minimum atomic E-state index is -0.724. The molecule has 0 aromatic carbocycles. The zero-order valence-corrected chi connectivity index (χ0v) is 18.7. The molecule has 0 aliphatic heterocycles. The fourth-order valence-corrected chi connectivity index (χ4v) is 6.41. The Labute approximate surface area is 182 Å². The standard InChI is InChI=1S/C26H42O4/c1-2-3-4-9-19-10-7-11-21(19)24(27)14-13-22-23-16-18(8-5-6-12-26(29)30)15-20(23)17-25(22)28/h8,13-14,19-25,27-28H,2-7,9-12,15-17H2,1H3,(H,29,30)/b14-13+,18-8+/t19?,20-,21?,22-,23+,24+,25-/m1/s1. The van der Waals surface area contributed by atoms with Crippen molar-refractivity contribution in [3.05, 3.63) is 23.8 Å². The van der Waals surface area contributed by atoms with E-state index in [1.54, 1.807) is 0 Å². The third kappa shape index (κ3) is 6.20. The summed E-state index contributed by atoms with van der Waals surface area (Å²) in [6.07, 6.45) is 19.1. The van der Waals surface area contributed by atoms with Gasteiger partial charge in [0.25, 0.3) is 0 Å². The van der Waals surface area contributed by atoms with Gasteiger partial charge in [-0.1, -0.05) is 69.2 Å². The second kappa shape index (κ2) is 11.5. The molecule has 170 valence electrons. The van der Waals surface area contributed by atoms with Crippen molar-refractivity contribution in [2.75, 3.05) is 0 Å². The van der Waals surface area contributed by atoms with Crippen molar-refractivity contribution in [2.45, 2.75) is 103 Å². The number of carbonyl (C=O) groups is 1. The summed E-state index contributed by atoms with van der Waals surface area (Å²) in [4.78, 5) is 10.7. The molecule has 0 bridgehead atoms. The number of rotatable bonds is 11. The normalized spacial score (nSPS) is 36.0. The first-order valence-corrected chi connectivity index (χ1v) is 12.4. The van der Waals surface area contributed by atoms with Crippen molar-refractivity contribution in [3.8, 4) is 0 Å². The molecule has 3 saturated carbocycles. The average Bonchev–Trinajstić information content (AvgIpc) is 3.39. The highest BCUT2D eigenvalue weighted by Gasteiger charge is 2.45. The van der Waals surface area contributed by atoms with Crippen LogP contribution in [0.1, 0.15) is 90.4 Å². The molecule has 3 rings (SSSR count). The van der Waals surface area contributed by atoms with Gasteiger partial charge in [0.2, 0.25) is 0 Å². The average molecular weight is 419 g/mol. The highest BCUT2D eigenvalue weighted by atomic mass is 16.4. The van der Waals surface area contributed by atoms with Crippen LogP contribution in [0, 0.1) is 29.6 Å². The van der Waals surface area contributed by atoms with Crippen LogP contribution in [0.4, 0.5) is 0 Å². The van der Waals surface area contributed by atoms with Crippen molar-refractivity contribution < 1.29 is 20.1 Å². The van der Waals surface area contributed by atoms with Gasteiger partial charge in [0.05, 0.1) is 12.2 Å². The van der Waals surface area contributed by atoms with Gasteiger partial charge >= 0.3 is 5.97 Å². The van der Waals surface area contributed by atoms with Crippen molar-refractivity contribution >= 4 is 5.97 Å². The van der Waals surface area contributed by atoms with E-state index in [2.05, 4.69) is 19.1 Å². The van der Waals surface area contributed by atoms with Gasteiger partial charge in [-0.3, -0.25) is 4.79 Å². The second-order valence-corrected chi connectivity index (χ2v) is 10.1. The number of hydrogen-bond acceptors (Lipinski definition) is 3. The molecule has 3 N–H and O–H groups in total. The molecule has 0 heterocycles. The van der Waals surface area contributed by atoms with Crippen LogP contribution in [-0.2, 0) is 4.79 Å². The SMILES string of the molecule is CCCCCC1CCCC1[C@@H](O)/C=C/[C@@H]1[C@H]2C/C(=C/CCCC(=O)O)C[C@@H]2C[C@H]1O. The van der Waals surface area contributed by atoms with Crippen molar-refractivity contribution in [1.82, 2.24) is 0 Å². The van der Waals surface area contributed by atoms with Gasteiger partial charge in [-0.05, 0) is 62.2 Å². The summed E-state index contributed by atoms with van der Waals surface area (Å²) in [6.45, 7) is 2.24. The van der Waals surface area contributed by atoms with E-state index in [9.17, 15) is 15.0 Å². The van der Waals surface area contributed by atoms with Gasteiger partial charge in [0.15, 0.2) is 0 Å². The van der Waals surface area contributed by atoms with Crippen LogP contribution in [0.3, 0.4) is 0 Å². The van der Waals surface area contributed by atoms with E-state index < -0.39 is 5.97 Å². The van der Waals surface area contributed by atoms with Gasteiger partial charge in [0, 0.05) is 12.3 Å². The molecule has 0 aromatic heterocycles. The molecule has 7 atom stereocenters. The lowest BCUT2D eigenvalue weighted by atomic mass is 9.85. The number of allylic oxidation sites excluding steroid dienone is 2. The Hall–Kier alpha value is -1.13. The monoisotopic (exact) mass is 418 g/mol. The van der Waals surface area contributed by atoms with Gasteiger partial charge in [0.1, 0.15) is 0 Å². The Kier molecular flexibility index (Phi) is 9.00. The second-order valence-electron chi connectivity index (χ2n) is 10.1. The predicted molar refractivity (Wildman–Crippen MR) is 120 cm³/mol. The number of aliphatic carboxylic acids is 1. The molecule has 0 radical (unpaired) electrons. The Morgan fingerprint density at radius 3 is 2.80 bits per heavy atom. The Bertz CT molecular complexity index is 610. The van der Waals surface area contributed by atoms with Crippen molar-refractivity contribution in [3.63, 3.8) is 0 Å². The fourth-order valence-electron chi connectivity index (χ4n) is 6.41. The number of hydrogen-bond donors (Lipinski definition) is 3. The zero-order chi connectivity index (χ0) is 21.5. The Balaban J connectivity index is 1.52. The Morgan fingerprint density at radius 2 is 2.03 bits per heavy atom. The summed E-state index contributed by atoms with van der Waals surface area (Å²) >= 11 is 0. The van der Waals surface area contributed by atoms with Crippen molar-refractivity contribution in [1.29, 1.82) is 0 Å². The topological polar surface area (TPSA) is 77.8 Å². The maximum Gasteiger partial charge on any atom is 0.303 e. The summed E-state index contributed by atoms with van der Waals surface area (Å²) in [5.41, 5.74) is 1.44. The molecule has 0 aromatic rings. The molecule has 3 aliphatic rings. The van der Waals surface area contributed by atoms with Gasteiger partial charge < -0.3 is 15.3 Å². The highest BCUT2D eigenvalue weighted by molar-refractivity contribution is 5.66. The molecule has 2 unspecified atom stereocenters. The molecule has 0 saturated heterocycles. The van der Waals surface area contributed by atoms with Crippen LogP contribution in [0.15, 0.2) is 23.8 Å². The summed E-state index contributed by atoms with van der Waals surface area (Å²) in [6, 6.07) is 0. The number of fused-ring (bicyclic) bond motifs is 1. The van der Waals surface area contributed by atoms with Crippen LogP contribution >= 0.6 is 0 Å². The van der Waals surface area contributed by atoms with Gasteiger partial charge in [-0.15, -0.1) is 0 Å². The molecule has 3 fully saturated rings. The maximum absolute atomic E-state index is 10.9. The smallest absolute Gasteiger partial charge is 0.303 e. The lowest BCUT2D eigenvalue weighted by molar-refractivity contribution is -0.137. The molecule has 4 nitrogen and oxygen atoms in total. The minimum absolute atomic E-state index is 0.148. The number of aliphatic hydroxyl groups excluding tert-OH is 2. The number of aliphatic hydroxyl groups is 2. The third-order valence-corrected chi connectivity index (χ3v) is 8.00. The van der Waals surface area contributed by atoms with E-state index in [1.807, 2.05) is 6.08 Å². The van der Waals surface area contributed by atoms with Crippen LogP contribution in [0.25, 0.3) is 0 Å². The quantitative estimate of drug-likeness (QED) is 0.306. The summed E-state index contributed by atoms with van der Waals surface area (Å²) < 4.78 is 0. The number of unbranched alkanes of at least 4 members (excludes halogenated alkanes) is 3. The molecule has 4 heteroatoms. The van der Waals surface area contributed by atoms with Crippen LogP contribution in [-0.4, -0.2) is 33.5 Å². The zero-order valence-electron chi connectivity index (χ0n) is 18.7.